The van der Waals surface area contributed by atoms with Crippen LogP contribution in [0.1, 0.15) is 77.6 Å². The lowest BCUT2D eigenvalue weighted by Crippen LogP contribution is -1.97. The zero-order chi connectivity index (χ0) is 12.1. The van der Waals surface area contributed by atoms with Gasteiger partial charge in [-0.15, -0.1) is 0 Å². The molecule has 16 heavy (non-hydrogen) atoms. The van der Waals surface area contributed by atoms with E-state index in [9.17, 15) is 4.79 Å². The Morgan fingerprint density at radius 1 is 0.812 bits per heavy atom. The first-order valence-corrected chi connectivity index (χ1v) is 6.93. The van der Waals surface area contributed by atoms with Crippen LogP contribution < -0.4 is 0 Å². The van der Waals surface area contributed by atoms with Gasteiger partial charge in [-0.05, 0) is 19.3 Å². The molecule has 0 bridgehead atoms. The van der Waals surface area contributed by atoms with E-state index in [2.05, 4.69) is 6.92 Å². The first-order chi connectivity index (χ1) is 7.81. The SMILES string of the molecule is CCCCC(=O)CCCCCCCCCO. The molecule has 0 amide bonds. The van der Waals surface area contributed by atoms with E-state index in [0.29, 0.717) is 12.4 Å². The molecule has 0 saturated heterocycles. The highest BCUT2D eigenvalue weighted by molar-refractivity contribution is 5.78. The Hall–Kier alpha value is -0.370. The summed E-state index contributed by atoms with van der Waals surface area (Å²) in [7, 11) is 0. The lowest BCUT2D eigenvalue weighted by Gasteiger charge is -2.01. The van der Waals surface area contributed by atoms with Crippen molar-refractivity contribution in [2.45, 2.75) is 77.6 Å². The molecule has 0 radical (unpaired) electrons. The molecule has 0 fully saturated rings. The van der Waals surface area contributed by atoms with Gasteiger partial charge in [0.05, 0.1) is 0 Å². The van der Waals surface area contributed by atoms with Crippen LogP contribution in [0, 0.1) is 0 Å². The Morgan fingerprint density at radius 3 is 1.88 bits per heavy atom. The van der Waals surface area contributed by atoms with Gasteiger partial charge in [0.1, 0.15) is 5.78 Å². The number of aliphatic hydroxyl groups excluding tert-OH is 1. The maximum atomic E-state index is 11.3. The topological polar surface area (TPSA) is 37.3 Å². The summed E-state index contributed by atoms with van der Waals surface area (Å²) >= 11 is 0. The first kappa shape index (κ1) is 15.6. The van der Waals surface area contributed by atoms with E-state index in [4.69, 9.17) is 5.11 Å². The molecule has 0 unspecified atom stereocenters. The van der Waals surface area contributed by atoms with Crippen LogP contribution in [0.15, 0.2) is 0 Å². The van der Waals surface area contributed by atoms with Crippen molar-refractivity contribution < 1.29 is 9.90 Å². The normalized spacial score (nSPS) is 10.6. The molecule has 2 heteroatoms. The maximum absolute atomic E-state index is 11.3. The third-order valence-electron chi connectivity index (χ3n) is 2.92. The van der Waals surface area contributed by atoms with Crippen molar-refractivity contribution in [3.8, 4) is 0 Å². The molecule has 0 rings (SSSR count). The summed E-state index contributed by atoms with van der Waals surface area (Å²) in [6.45, 7) is 2.45. The summed E-state index contributed by atoms with van der Waals surface area (Å²) in [5.41, 5.74) is 0. The molecule has 2 nitrogen and oxygen atoms in total. The number of rotatable bonds is 12. The molecule has 0 aliphatic rings. The van der Waals surface area contributed by atoms with Gasteiger partial charge in [0.25, 0.3) is 0 Å². The molecule has 0 saturated carbocycles. The highest BCUT2D eigenvalue weighted by Crippen LogP contribution is 2.10. The van der Waals surface area contributed by atoms with Gasteiger partial charge < -0.3 is 5.11 Å². The van der Waals surface area contributed by atoms with E-state index >= 15 is 0 Å². The lowest BCUT2D eigenvalue weighted by molar-refractivity contribution is -0.119. The molecule has 1 N–H and O–H groups in total. The molecule has 0 aliphatic heterocycles. The molecule has 0 spiro atoms. The van der Waals surface area contributed by atoms with Crippen LogP contribution in [0.25, 0.3) is 0 Å². The molecule has 0 aromatic heterocycles. The fourth-order valence-electron chi connectivity index (χ4n) is 1.82. The van der Waals surface area contributed by atoms with Crippen LogP contribution in [-0.4, -0.2) is 17.5 Å². The number of aliphatic hydroxyl groups is 1. The fraction of sp³-hybridized carbons (Fsp3) is 0.929. The molecular weight excluding hydrogens is 200 g/mol. The average molecular weight is 228 g/mol. The Morgan fingerprint density at radius 2 is 1.31 bits per heavy atom. The van der Waals surface area contributed by atoms with Crippen LogP contribution >= 0.6 is 0 Å². The monoisotopic (exact) mass is 228 g/mol. The van der Waals surface area contributed by atoms with Crippen molar-refractivity contribution in [1.82, 2.24) is 0 Å². The molecule has 96 valence electrons. The summed E-state index contributed by atoms with van der Waals surface area (Å²) in [6, 6.07) is 0. The average Bonchev–Trinajstić information content (AvgIpc) is 2.30. The van der Waals surface area contributed by atoms with Gasteiger partial charge in [-0.2, -0.15) is 0 Å². The van der Waals surface area contributed by atoms with E-state index in [0.717, 1.165) is 44.9 Å². The summed E-state index contributed by atoms with van der Waals surface area (Å²) in [4.78, 5) is 11.3. The first-order valence-electron chi connectivity index (χ1n) is 6.93. The predicted octanol–water partition coefficient (Wildman–Crippen LogP) is 3.86. The number of hydrogen-bond acceptors (Lipinski definition) is 2. The number of carbonyl (C=O) groups is 1. The molecule has 0 aromatic carbocycles. The zero-order valence-electron chi connectivity index (χ0n) is 10.8. The quantitative estimate of drug-likeness (QED) is 0.515. The van der Waals surface area contributed by atoms with Crippen molar-refractivity contribution in [3.05, 3.63) is 0 Å². The van der Waals surface area contributed by atoms with Crippen LogP contribution in [-0.2, 0) is 4.79 Å². The highest BCUT2D eigenvalue weighted by Gasteiger charge is 2.00. The predicted molar refractivity (Wildman–Crippen MR) is 68.6 cm³/mol. The summed E-state index contributed by atoms with van der Waals surface area (Å²) in [5, 5.41) is 8.60. The van der Waals surface area contributed by atoms with Gasteiger partial charge in [-0.25, -0.2) is 0 Å². The standard InChI is InChI=1S/C14H28O2/c1-2-3-11-14(16)12-9-7-5-4-6-8-10-13-15/h15H,2-13H2,1H3. The third kappa shape index (κ3) is 11.7. The number of Topliss-reactive ketones (excluding diaryl/α,β-unsaturated/α-hetero) is 1. The second kappa shape index (κ2) is 12.7. The van der Waals surface area contributed by atoms with Crippen molar-refractivity contribution in [3.63, 3.8) is 0 Å². The second-order valence-electron chi connectivity index (χ2n) is 4.59. The molecule has 0 aromatic rings. The molecule has 0 heterocycles. The number of ketones is 1. The van der Waals surface area contributed by atoms with Crippen molar-refractivity contribution in [2.24, 2.45) is 0 Å². The van der Waals surface area contributed by atoms with Gasteiger partial charge in [0, 0.05) is 19.4 Å². The minimum atomic E-state index is 0.325. The summed E-state index contributed by atoms with van der Waals surface area (Å²) in [5.74, 6) is 0.446. The summed E-state index contributed by atoms with van der Waals surface area (Å²) in [6.07, 6.45) is 11.8. The van der Waals surface area contributed by atoms with Crippen LogP contribution in [0.4, 0.5) is 0 Å². The van der Waals surface area contributed by atoms with E-state index < -0.39 is 0 Å². The number of carbonyl (C=O) groups excluding carboxylic acids is 1. The van der Waals surface area contributed by atoms with E-state index in [1.807, 2.05) is 0 Å². The Bertz CT molecular complexity index is 155. The third-order valence-corrected chi connectivity index (χ3v) is 2.92. The second-order valence-corrected chi connectivity index (χ2v) is 4.59. The van der Waals surface area contributed by atoms with Crippen LogP contribution in [0.3, 0.4) is 0 Å². The van der Waals surface area contributed by atoms with E-state index in [1.54, 1.807) is 0 Å². The van der Waals surface area contributed by atoms with E-state index in [1.165, 1.54) is 25.7 Å². The molecule has 0 atom stereocenters. The van der Waals surface area contributed by atoms with Gasteiger partial charge in [0.15, 0.2) is 0 Å². The fourth-order valence-corrected chi connectivity index (χ4v) is 1.82. The zero-order valence-corrected chi connectivity index (χ0v) is 10.8. The number of hydrogen-bond donors (Lipinski definition) is 1. The highest BCUT2D eigenvalue weighted by atomic mass is 16.2. The molecular formula is C14H28O2. The minimum Gasteiger partial charge on any atom is -0.396 e. The van der Waals surface area contributed by atoms with Crippen LogP contribution in [0.5, 0.6) is 0 Å². The van der Waals surface area contributed by atoms with Gasteiger partial charge in [-0.1, -0.05) is 45.4 Å². The van der Waals surface area contributed by atoms with Gasteiger partial charge >= 0.3 is 0 Å². The number of unbranched alkanes of at least 4 members (excludes halogenated alkanes) is 7. The lowest BCUT2D eigenvalue weighted by atomic mass is 10.0. The Kier molecular flexibility index (Phi) is 12.4. The minimum absolute atomic E-state index is 0.325. The smallest absolute Gasteiger partial charge is 0.132 e. The Labute approximate surface area is 100 Å². The molecule has 0 aliphatic carbocycles. The van der Waals surface area contributed by atoms with Crippen molar-refractivity contribution >= 4 is 5.78 Å². The van der Waals surface area contributed by atoms with Crippen molar-refractivity contribution in [2.75, 3.05) is 6.61 Å². The van der Waals surface area contributed by atoms with E-state index in [-0.39, 0.29) is 0 Å². The van der Waals surface area contributed by atoms with Crippen molar-refractivity contribution in [1.29, 1.82) is 0 Å². The Balaban J connectivity index is 3.05. The maximum Gasteiger partial charge on any atom is 0.132 e. The summed E-state index contributed by atoms with van der Waals surface area (Å²) < 4.78 is 0. The van der Waals surface area contributed by atoms with Gasteiger partial charge in [-0.3, -0.25) is 4.79 Å². The van der Waals surface area contributed by atoms with Crippen LogP contribution in [0.2, 0.25) is 0 Å². The van der Waals surface area contributed by atoms with Gasteiger partial charge in [0.2, 0.25) is 0 Å². The largest absolute Gasteiger partial charge is 0.396 e.